The van der Waals surface area contributed by atoms with Gasteiger partial charge in [0.15, 0.2) is 5.82 Å². The zero-order valence-corrected chi connectivity index (χ0v) is 12.6. The SMILES string of the molecule is Cc1nn(-c2cnc(CNC3CC3)cn2)c(C)c1Br. The van der Waals surface area contributed by atoms with E-state index in [1.807, 2.05) is 24.7 Å². The van der Waals surface area contributed by atoms with E-state index in [-0.39, 0.29) is 0 Å². The minimum absolute atomic E-state index is 0.688. The van der Waals surface area contributed by atoms with E-state index in [0.717, 1.165) is 33.9 Å². The molecule has 100 valence electrons. The molecular formula is C13H16BrN5. The third-order valence-electron chi connectivity index (χ3n) is 3.26. The first kappa shape index (κ1) is 12.7. The van der Waals surface area contributed by atoms with Crippen LogP contribution in [0.25, 0.3) is 5.82 Å². The molecule has 1 aliphatic rings. The molecule has 1 fully saturated rings. The van der Waals surface area contributed by atoms with Crippen molar-refractivity contribution < 1.29 is 0 Å². The van der Waals surface area contributed by atoms with Crippen LogP contribution >= 0.6 is 15.9 Å². The molecule has 19 heavy (non-hydrogen) atoms. The summed E-state index contributed by atoms with van der Waals surface area (Å²) in [4.78, 5) is 8.87. The highest BCUT2D eigenvalue weighted by atomic mass is 79.9. The average molecular weight is 322 g/mol. The van der Waals surface area contributed by atoms with E-state index < -0.39 is 0 Å². The molecule has 0 bridgehead atoms. The van der Waals surface area contributed by atoms with Gasteiger partial charge >= 0.3 is 0 Å². The number of nitrogens with zero attached hydrogens (tertiary/aromatic N) is 4. The maximum atomic E-state index is 4.45. The van der Waals surface area contributed by atoms with Crippen molar-refractivity contribution in [3.05, 3.63) is 33.9 Å². The van der Waals surface area contributed by atoms with E-state index in [1.54, 1.807) is 6.20 Å². The van der Waals surface area contributed by atoms with E-state index in [1.165, 1.54) is 12.8 Å². The van der Waals surface area contributed by atoms with Gasteiger partial charge in [-0.05, 0) is 42.6 Å². The number of hydrogen-bond donors (Lipinski definition) is 1. The summed E-state index contributed by atoms with van der Waals surface area (Å²) in [7, 11) is 0. The Morgan fingerprint density at radius 2 is 2.11 bits per heavy atom. The third-order valence-corrected chi connectivity index (χ3v) is 4.41. The van der Waals surface area contributed by atoms with Gasteiger partial charge in [0.2, 0.25) is 0 Å². The van der Waals surface area contributed by atoms with Gasteiger partial charge in [0.1, 0.15) is 0 Å². The monoisotopic (exact) mass is 321 g/mol. The quantitative estimate of drug-likeness (QED) is 0.938. The average Bonchev–Trinajstić information content (AvgIpc) is 3.21. The molecule has 2 aromatic rings. The number of halogens is 1. The highest BCUT2D eigenvalue weighted by molar-refractivity contribution is 9.10. The van der Waals surface area contributed by atoms with Crippen LogP contribution < -0.4 is 5.32 Å². The van der Waals surface area contributed by atoms with E-state index >= 15 is 0 Å². The molecule has 0 unspecified atom stereocenters. The summed E-state index contributed by atoms with van der Waals surface area (Å²) in [5.74, 6) is 0.751. The molecule has 1 N–H and O–H groups in total. The summed E-state index contributed by atoms with van der Waals surface area (Å²) in [6.07, 6.45) is 6.15. The molecule has 1 aliphatic carbocycles. The maximum Gasteiger partial charge on any atom is 0.172 e. The predicted octanol–water partition coefficient (Wildman–Crippen LogP) is 2.29. The molecule has 5 nitrogen and oxygen atoms in total. The van der Waals surface area contributed by atoms with Gasteiger partial charge in [0, 0.05) is 12.6 Å². The number of aryl methyl sites for hydroxylation is 1. The zero-order valence-electron chi connectivity index (χ0n) is 11.0. The largest absolute Gasteiger partial charge is 0.308 e. The lowest BCUT2D eigenvalue weighted by Gasteiger charge is -2.05. The van der Waals surface area contributed by atoms with Crippen LogP contribution in [0.4, 0.5) is 0 Å². The third kappa shape index (κ3) is 2.69. The molecule has 0 aromatic carbocycles. The molecule has 2 aromatic heterocycles. The van der Waals surface area contributed by atoms with Gasteiger partial charge in [-0.15, -0.1) is 0 Å². The molecule has 0 aliphatic heterocycles. The molecule has 0 spiro atoms. The number of aromatic nitrogens is 4. The van der Waals surface area contributed by atoms with E-state index in [4.69, 9.17) is 0 Å². The van der Waals surface area contributed by atoms with Crippen molar-refractivity contribution in [2.24, 2.45) is 0 Å². The first-order valence-electron chi connectivity index (χ1n) is 6.41. The van der Waals surface area contributed by atoms with Crippen molar-refractivity contribution in [2.75, 3.05) is 0 Å². The van der Waals surface area contributed by atoms with Crippen LogP contribution in [-0.4, -0.2) is 25.8 Å². The van der Waals surface area contributed by atoms with Crippen LogP contribution in [0.5, 0.6) is 0 Å². The summed E-state index contributed by atoms with van der Waals surface area (Å²) < 4.78 is 2.83. The van der Waals surface area contributed by atoms with Crippen molar-refractivity contribution in [2.45, 2.75) is 39.3 Å². The van der Waals surface area contributed by atoms with Crippen LogP contribution in [0.3, 0.4) is 0 Å². The van der Waals surface area contributed by atoms with Crippen LogP contribution in [0.2, 0.25) is 0 Å². The van der Waals surface area contributed by atoms with Gasteiger partial charge in [-0.25, -0.2) is 9.67 Å². The lowest BCUT2D eigenvalue weighted by atomic mass is 10.4. The fourth-order valence-corrected chi connectivity index (χ4v) is 2.18. The lowest BCUT2D eigenvalue weighted by molar-refractivity contribution is 0.669. The molecule has 2 heterocycles. The summed E-state index contributed by atoms with van der Waals surface area (Å²) in [6, 6.07) is 0.688. The second-order valence-corrected chi connectivity index (χ2v) is 5.71. The van der Waals surface area contributed by atoms with Gasteiger partial charge in [-0.3, -0.25) is 4.98 Å². The van der Waals surface area contributed by atoms with Crippen molar-refractivity contribution >= 4 is 15.9 Å². The fraction of sp³-hybridized carbons (Fsp3) is 0.462. The van der Waals surface area contributed by atoms with Crippen molar-refractivity contribution in [3.63, 3.8) is 0 Å². The summed E-state index contributed by atoms with van der Waals surface area (Å²) in [6.45, 7) is 4.77. The first-order chi connectivity index (χ1) is 9.15. The molecule has 0 radical (unpaired) electrons. The molecule has 0 saturated heterocycles. The summed E-state index contributed by atoms with van der Waals surface area (Å²) in [5, 5.41) is 7.87. The van der Waals surface area contributed by atoms with E-state index in [0.29, 0.717) is 6.04 Å². The van der Waals surface area contributed by atoms with Gasteiger partial charge in [-0.1, -0.05) is 0 Å². The van der Waals surface area contributed by atoms with Gasteiger partial charge in [0.25, 0.3) is 0 Å². The fourth-order valence-electron chi connectivity index (χ4n) is 1.93. The Bertz CT molecular complexity index is 586. The van der Waals surface area contributed by atoms with Crippen molar-refractivity contribution in [3.8, 4) is 5.82 Å². The number of rotatable bonds is 4. The van der Waals surface area contributed by atoms with Gasteiger partial charge in [0.05, 0.1) is 33.9 Å². The van der Waals surface area contributed by atoms with E-state index in [9.17, 15) is 0 Å². The Morgan fingerprint density at radius 3 is 2.63 bits per heavy atom. The lowest BCUT2D eigenvalue weighted by Crippen LogP contribution is -2.16. The van der Waals surface area contributed by atoms with Crippen LogP contribution in [0, 0.1) is 13.8 Å². The van der Waals surface area contributed by atoms with Crippen LogP contribution in [0.1, 0.15) is 29.9 Å². The maximum absolute atomic E-state index is 4.45. The highest BCUT2D eigenvalue weighted by Gasteiger charge is 2.20. The number of nitrogens with one attached hydrogen (secondary N) is 1. The molecule has 6 heteroatoms. The highest BCUT2D eigenvalue weighted by Crippen LogP contribution is 2.22. The van der Waals surface area contributed by atoms with Gasteiger partial charge < -0.3 is 5.32 Å². The zero-order chi connectivity index (χ0) is 13.4. The molecule has 1 saturated carbocycles. The van der Waals surface area contributed by atoms with Crippen molar-refractivity contribution in [1.82, 2.24) is 25.1 Å². The second-order valence-electron chi connectivity index (χ2n) is 4.92. The Hall–Kier alpha value is -1.27. The normalized spacial score (nSPS) is 14.9. The molecule has 0 amide bonds. The minimum atomic E-state index is 0.688. The topological polar surface area (TPSA) is 55.6 Å². The Labute approximate surface area is 120 Å². The number of hydrogen-bond acceptors (Lipinski definition) is 4. The first-order valence-corrected chi connectivity index (χ1v) is 7.21. The smallest absolute Gasteiger partial charge is 0.172 e. The second kappa shape index (κ2) is 5.02. The molecule has 3 rings (SSSR count). The standard InChI is InChI=1S/C13H16BrN5/c1-8-13(14)9(2)19(18-8)12-7-16-11(6-17-12)5-15-10-3-4-10/h6-7,10,15H,3-5H2,1-2H3. The Balaban J connectivity index is 1.78. The molecule has 0 atom stereocenters. The predicted molar refractivity (Wildman–Crippen MR) is 76.2 cm³/mol. The Morgan fingerprint density at radius 1 is 1.32 bits per heavy atom. The minimum Gasteiger partial charge on any atom is -0.308 e. The van der Waals surface area contributed by atoms with Crippen LogP contribution in [-0.2, 0) is 6.54 Å². The van der Waals surface area contributed by atoms with Gasteiger partial charge in [-0.2, -0.15) is 5.10 Å². The summed E-state index contributed by atoms with van der Waals surface area (Å²) in [5.41, 5.74) is 2.96. The van der Waals surface area contributed by atoms with Crippen molar-refractivity contribution in [1.29, 1.82) is 0 Å². The summed E-state index contributed by atoms with van der Waals surface area (Å²) >= 11 is 3.52. The van der Waals surface area contributed by atoms with E-state index in [2.05, 4.69) is 36.3 Å². The molecular weight excluding hydrogens is 306 g/mol. The Kier molecular flexibility index (Phi) is 3.36. The van der Waals surface area contributed by atoms with Crippen LogP contribution in [0.15, 0.2) is 16.9 Å².